The van der Waals surface area contributed by atoms with E-state index in [0.29, 0.717) is 11.6 Å². The number of rotatable bonds is 7. The van der Waals surface area contributed by atoms with Gasteiger partial charge in [-0.15, -0.1) is 11.3 Å². The molecule has 0 aliphatic carbocycles. The van der Waals surface area contributed by atoms with Gasteiger partial charge in [0, 0.05) is 11.6 Å². The number of thiazole rings is 1. The molecule has 0 saturated heterocycles. The molecule has 6 nitrogen and oxygen atoms in total. The van der Waals surface area contributed by atoms with Crippen molar-refractivity contribution in [2.45, 2.75) is 32.2 Å². The van der Waals surface area contributed by atoms with Gasteiger partial charge >= 0.3 is 12.1 Å². The molecular weight excluding hydrogens is 256 g/mol. The number of unbranched alkanes of at least 4 members (excludes halogenated alkanes) is 1. The van der Waals surface area contributed by atoms with Gasteiger partial charge in [0.15, 0.2) is 0 Å². The maximum atomic E-state index is 11.5. The van der Waals surface area contributed by atoms with Crippen molar-refractivity contribution >= 4 is 23.4 Å². The molecule has 18 heavy (non-hydrogen) atoms. The molecule has 100 valence electrons. The predicted molar refractivity (Wildman–Crippen MR) is 66.5 cm³/mol. The van der Waals surface area contributed by atoms with Gasteiger partial charge in [0.1, 0.15) is 5.01 Å². The minimum Gasteiger partial charge on any atom is -0.481 e. The SMILES string of the molecule is CCCCOC(=O)NC(CC(=O)O)c1nccs1. The van der Waals surface area contributed by atoms with Gasteiger partial charge in [-0.1, -0.05) is 13.3 Å². The summed E-state index contributed by atoms with van der Waals surface area (Å²) in [5.74, 6) is -0.996. The highest BCUT2D eigenvalue weighted by Crippen LogP contribution is 2.19. The van der Waals surface area contributed by atoms with E-state index in [9.17, 15) is 9.59 Å². The average molecular weight is 272 g/mol. The summed E-state index contributed by atoms with van der Waals surface area (Å²) < 4.78 is 4.93. The van der Waals surface area contributed by atoms with Gasteiger partial charge < -0.3 is 15.2 Å². The van der Waals surface area contributed by atoms with E-state index in [1.165, 1.54) is 11.3 Å². The first-order chi connectivity index (χ1) is 8.63. The van der Waals surface area contributed by atoms with Crippen LogP contribution in [0.2, 0.25) is 0 Å². The third-order valence-electron chi connectivity index (χ3n) is 2.15. The van der Waals surface area contributed by atoms with E-state index in [0.717, 1.165) is 12.8 Å². The van der Waals surface area contributed by atoms with E-state index >= 15 is 0 Å². The van der Waals surface area contributed by atoms with Crippen LogP contribution in [0.1, 0.15) is 37.2 Å². The molecule has 0 bridgehead atoms. The largest absolute Gasteiger partial charge is 0.481 e. The molecule has 0 aliphatic heterocycles. The Hall–Kier alpha value is -1.63. The van der Waals surface area contributed by atoms with Crippen LogP contribution in [0.25, 0.3) is 0 Å². The maximum absolute atomic E-state index is 11.5. The van der Waals surface area contributed by atoms with Gasteiger partial charge in [-0.2, -0.15) is 0 Å². The van der Waals surface area contributed by atoms with Crippen molar-refractivity contribution in [2.24, 2.45) is 0 Å². The van der Waals surface area contributed by atoms with E-state index in [2.05, 4.69) is 10.3 Å². The molecule has 7 heteroatoms. The Morgan fingerprint density at radius 1 is 1.61 bits per heavy atom. The Labute approximate surface area is 109 Å². The fourth-order valence-electron chi connectivity index (χ4n) is 1.27. The van der Waals surface area contributed by atoms with Crippen molar-refractivity contribution < 1.29 is 19.4 Å². The molecule has 1 unspecified atom stereocenters. The minimum absolute atomic E-state index is 0.212. The van der Waals surface area contributed by atoms with E-state index in [1.807, 2.05) is 6.92 Å². The standard InChI is InChI=1S/C11H16N2O4S/c1-2-3-5-17-11(16)13-8(7-9(14)15)10-12-4-6-18-10/h4,6,8H,2-3,5,7H2,1H3,(H,13,16)(H,14,15). The molecular formula is C11H16N2O4S. The molecule has 1 rings (SSSR count). The number of aromatic nitrogens is 1. The summed E-state index contributed by atoms with van der Waals surface area (Å²) in [6.07, 6.45) is 2.46. The highest BCUT2D eigenvalue weighted by molar-refractivity contribution is 7.09. The van der Waals surface area contributed by atoms with Crippen molar-refractivity contribution in [3.63, 3.8) is 0 Å². The minimum atomic E-state index is -0.996. The molecule has 1 aromatic rings. The zero-order valence-corrected chi connectivity index (χ0v) is 10.9. The number of aliphatic carboxylic acids is 1. The zero-order chi connectivity index (χ0) is 13.4. The Morgan fingerprint density at radius 2 is 2.39 bits per heavy atom. The number of carboxylic acid groups (broad SMARTS) is 1. The molecule has 0 aromatic carbocycles. The lowest BCUT2D eigenvalue weighted by molar-refractivity contribution is -0.137. The number of nitrogens with one attached hydrogen (secondary N) is 1. The molecule has 0 fully saturated rings. The van der Waals surface area contributed by atoms with Crippen molar-refractivity contribution in [3.8, 4) is 0 Å². The molecule has 0 radical (unpaired) electrons. The van der Waals surface area contributed by atoms with Crippen molar-refractivity contribution in [1.82, 2.24) is 10.3 Å². The molecule has 1 aromatic heterocycles. The second-order valence-corrected chi connectivity index (χ2v) is 4.58. The summed E-state index contributed by atoms with van der Waals surface area (Å²) >= 11 is 1.30. The number of carbonyl (C=O) groups is 2. The summed E-state index contributed by atoms with van der Waals surface area (Å²) in [6.45, 7) is 2.32. The highest BCUT2D eigenvalue weighted by Gasteiger charge is 2.20. The number of carbonyl (C=O) groups excluding carboxylic acids is 1. The summed E-state index contributed by atoms with van der Waals surface area (Å²) in [7, 11) is 0. The van der Waals surface area contributed by atoms with Crippen LogP contribution in [-0.2, 0) is 9.53 Å². The van der Waals surface area contributed by atoms with Gasteiger partial charge in [-0.25, -0.2) is 9.78 Å². The van der Waals surface area contributed by atoms with Crippen molar-refractivity contribution in [2.75, 3.05) is 6.61 Å². The first kappa shape index (κ1) is 14.4. The molecule has 2 N–H and O–H groups in total. The number of carboxylic acids is 1. The Morgan fingerprint density at radius 3 is 2.94 bits per heavy atom. The predicted octanol–water partition coefficient (Wildman–Crippen LogP) is 2.19. The monoisotopic (exact) mass is 272 g/mol. The van der Waals surface area contributed by atoms with Crippen molar-refractivity contribution in [1.29, 1.82) is 0 Å². The highest BCUT2D eigenvalue weighted by atomic mass is 32.1. The lowest BCUT2D eigenvalue weighted by Crippen LogP contribution is -2.30. The summed E-state index contributed by atoms with van der Waals surface area (Å²) in [6, 6.07) is -0.642. The number of amides is 1. The molecule has 0 saturated carbocycles. The van der Waals surface area contributed by atoms with Crippen molar-refractivity contribution in [3.05, 3.63) is 16.6 Å². The van der Waals surface area contributed by atoms with Gasteiger partial charge in [0.25, 0.3) is 0 Å². The van der Waals surface area contributed by atoms with Gasteiger partial charge in [-0.05, 0) is 6.42 Å². The fraction of sp³-hybridized carbons (Fsp3) is 0.545. The lowest BCUT2D eigenvalue weighted by atomic mass is 10.2. The number of nitrogens with zero attached hydrogens (tertiary/aromatic N) is 1. The average Bonchev–Trinajstić information content (AvgIpc) is 2.81. The first-order valence-corrected chi connectivity index (χ1v) is 6.56. The number of alkyl carbamates (subject to hydrolysis) is 1. The Bertz CT molecular complexity index is 380. The van der Waals surface area contributed by atoms with Crippen LogP contribution < -0.4 is 5.32 Å². The van der Waals surface area contributed by atoms with E-state index < -0.39 is 18.1 Å². The smallest absolute Gasteiger partial charge is 0.407 e. The van der Waals surface area contributed by atoms with E-state index in [-0.39, 0.29) is 6.42 Å². The second-order valence-electron chi connectivity index (χ2n) is 3.65. The van der Waals surface area contributed by atoms with Crippen LogP contribution in [-0.4, -0.2) is 28.8 Å². The lowest BCUT2D eigenvalue weighted by Gasteiger charge is -2.14. The maximum Gasteiger partial charge on any atom is 0.407 e. The molecule has 1 amide bonds. The molecule has 0 spiro atoms. The van der Waals surface area contributed by atoms with Gasteiger partial charge in [0.05, 0.1) is 19.1 Å². The third kappa shape index (κ3) is 5.13. The molecule has 1 atom stereocenters. The Kier molecular flexibility index (Phi) is 6.13. The van der Waals surface area contributed by atoms with E-state index in [4.69, 9.17) is 9.84 Å². The molecule has 0 aliphatic rings. The van der Waals surface area contributed by atoms with Crippen LogP contribution in [0.4, 0.5) is 4.79 Å². The van der Waals surface area contributed by atoms with Crippen LogP contribution in [0.15, 0.2) is 11.6 Å². The Balaban J connectivity index is 2.51. The number of hydrogen-bond acceptors (Lipinski definition) is 5. The third-order valence-corrected chi connectivity index (χ3v) is 3.04. The van der Waals surface area contributed by atoms with Crippen LogP contribution >= 0.6 is 11.3 Å². The quantitative estimate of drug-likeness (QED) is 0.743. The van der Waals surface area contributed by atoms with Crippen LogP contribution in [0.3, 0.4) is 0 Å². The summed E-state index contributed by atoms with van der Waals surface area (Å²) in [4.78, 5) is 26.2. The van der Waals surface area contributed by atoms with Crippen LogP contribution in [0, 0.1) is 0 Å². The summed E-state index contributed by atoms with van der Waals surface area (Å²) in [5, 5.41) is 13.6. The second kappa shape index (κ2) is 7.65. The van der Waals surface area contributed by atoms with E-state index in [1.54, 1.807) is 11.6 Å². The van der Waals surface area contributed by atoms with Gasteiger partial charge in [-0.3, -0.25) is 4.79 Å². The van der Waals surface area contributed by atoms with Gasteiger partial charge in [0.2, 0.25) is 0 Å². The topological polar surface area (TPSA) is 88.5 Å². The normalized spacial score (nSPS) is 11.8. The fourth-order valence-corrected chi connectivity index (χ4v) is 1.96. The van der Waals surface area contributed by atoms with Crippen LogP contribution in [0.5, 0.6) is 0 Å². The summed E-state index contributed by atoms with van der Waals surface area (Å²) in [5.41, 5.74) is 0. The zero-order valence-electron chi connectivity index (χ0n) is 10.1. The number of hydrogen-bond donors (Lipinski definition) is 2. The first-order valence-electron chi connectivity index (χ1n) is 5.68. The molecule has 1 heterocycles. The number of ether oxygens (including phenoxy) is 1.